The fourth-order valence-electron chi connectivity index (χ4n) is 3.50. The van der Waals surface area contributed by atoms with Crippen molar-refractivity contribution in [2.24, 2.45) is 0 Å². The highest BCUT2D eigenvalue weighted by atomic mass is 32.2. The molecule has 0 radical (unpaired) electrons. The minimum Gasteiger partial charge on any atom is -0.359 e. The summed E-state index contributed by atoms with van der Waals surface area (Å²) < 4.78 is 13.3. The number of carbonyl (C=O) groups excluding carboxylic acids is 2. The van der Waals surface area contributed by atoms with Gasteiger partial charge in [0.1, 0.15) is 5.82 Å². The zero-order valence-electron chi connectivity index (χ0n) is 16.5. The van der Waals surface area contributed by atoms with Gasteiger partial charge in [0.15, 0.2) is 0 Å². The maximum Gasteiger partial charge on any atom is 0.267 e. The summed E-state index contributed by atoms with van der Waals surface area (Å²) in [5.74, 6) is -0.947. The molecule has 30 heavy (non-hydrogen) atoms. The van der Waals surface area contributed by atoms with Crippen molar-refractivity contribution in [2.75, 3.05) is 11.4 Å². The highest BCUT2D eigenvalue weighted by molar-refractivity contribution is 8.00. The summed E-state index contributed by atoms with van der Waals surface area (Å²) in [5, 5.41) is 11.7. The zero-order chi connectivity index (χ0) is 21.5. The molecule has 1 aliphatic rings. The second-order valence-corrected chi connectivity index (χ2v) is 8.26. The lowest BCUT2D eigenvalue weighted by Gasteiger charge is -2.41. The van der Waals surface area contributed by atoms with Crippen LogP contribution in [-0.4, -0.2) is 35.0 Å². The summed E-state index contributed by atoms with van der Waals surface area (Å²) in [6.07, 6.45) is 4.43. The fraction of sp³-hybridized carbons (Fsp3) is 0.273. The Morgan fingerprint density at radius 3 is 2.63 bits per heavy atom. The van der Waals surface area contributed by atoms with Crippen molar-refractivity contribution in [3.63, 3.8) is 0 Å². The van der Waals surface area contributed by atoms with Gasteiger partial charge in [0.2, 0.25) is 5.91 Å². The highest BCUT2D eigenvalue weighted by Gasteiger charge is 2.30. The summed E-state index contributed by atoms with van der Waals surface area (Å²) in [7, 11) is 0. The molecule has 0 bridgehead atoms. The van der Waals surface area contributed by atoms with E-state index in [2.05, 4.69) is 10.2 Å². The van der Waals surface area contributed by atoms with E-state index in [9.17, 15) is 14.0 Å². The number of anilines is 1. The largest absolute Gasteiger partial charge is 0.359 e. The number of amides is 2. The van der Waals surface area contributed by atoms with Gasteiger partial charge in [-0.2, -0.15) is 0 Å². The van der Waals surface area contributed by atoms with Crippen LogP contribution in [0, 0.1) is 5.82 Å². The molecule has 0 saturated carbocycles. The molecular weight excluding hydrogens is 405 g/mol. The van der Waals surface area contributed by atoms with Crippen molar-refractivity contribution in [3.8, 4) is 0 Å². The Morgan fingerprint density at radius 2 is 1.93 bits per heavy atom. The lowest BCUT2D eigenvalue weighted by Crippen LogP contribution is -2.48. The molecule has 2 atom stereocenters. The average Bonchev–Trinajstić information content (AvgIpc) is 2.74. The van der Waals surface area contributed by atoms with E-state index in [0.717, 1.165) is 29.0 Å². The SMILES string of the molecule is CC(=O)NC1CCN(c2ccccc2/C=C/C(=O)NO)C(Sc2ccc(F)cc2)C1. The average molecular weight is 430 g/mol. The Bertz CT molecular complexity index is 920. The predicted molar refractivity (Wildman–Crippen MR) is 116 cm³/mol. The first-order valence-electron chi connectivity index (χ1n) is 9.63. The molecule has 2 unspecified atom stereocenters. The highest BCUT2D eigenvalue weighted by Crippen LogP contribution is 2.37. The number of hydrogen-bond acceptors (Lipinski definition) is 5. The first kappa shape index (κ1) is 21.9. The second-order valence-electron chi connectivity index (χ2n) is 7.01. The molecule has 2 aromatic carbocycles. The van der Waals surface area contributed by atoms with Gasteiger partial charge in [0, 0.05) is 36.2 Å². The van der Waals surface area contributed by atoms with Gasteiger partial charge in [-0.25, -0.2) is 9.87 Å². The molecule has 0 aliphatic carbocycles. The summed E-state index contributed by atoms with van der Waals surface area (Å²) in [6.45, 7) is 2.22. The maximum absolute atomic E-state index is 13.3. The van der Waals surface area contributed by atoms with E-state index in [1.165, 1.54) is 25.1 Å². The fourth-order valence-corrected chi connectivity index (χ4v) is 4.78. The van der Waals surface area contributed by atoms with Crippen molar-refractivity contribution in [1.82, 2.24) is 10.8 Å². The Balaban J connectivity index is 1.89. The van der Waals surface area contributed by atoms with Crippen molar-refractivity contribution in [1.29, 1.82) is 0 Å². The normalized spacial score (nSPS) is 19.0. The number of thioether (sulfide) groups is 1. The Hall–Kier alpha value is -2.84. The molecular formula is C22H24FN3O3S. The van der Waals surface area contributed by atoms with Crippen LogP contribution in [-0.2, 0) is 9.59 Å². The van der Waals surface area contributed by atoms with Gasteiger partial charge in [-0.15, -0.1) is 11.8 Å². The molecule has 0 aromatic heterocycles. The maximum atomic E-state index is 13.3. The summed E-state index contributed by atoms with van der Waals surface area (Å²) >= 11 is 1.61. The van der Waals surface area contributed by atoms with Gasteiger partial charge < -0.3 is 10.2 Å². The third kappa shape index (κ3) is 5.84. The number of benzene rings is 2. The van der Waals surface area contributed by atoms with E-state index in [4.69, 9.17) is 5.21 Å². The molecule has 1 fully saturated rings. The van der Waals surface area contributed by atoms with Crippen LogP contribution in [0.25, 0.3) is 6.08 Å². The van der Waals surface area contributed by atoms with Crippen LogP contribution in [0.3, 0.4) is 0 Å². The van der Waals surface area contributed by atoms with E-state index >= 15 is 0 Å². The summed E-state index contributed by atoms with van der Waals surface area (Å²) in [4.78, 5) is 26.1. The second kappa shape index (κ2) is 10.3. The summed E-state index contributed by atoms with van der Waals surface area (Å²) in [6, 6.07) is 14.1. The van der Waals surface area contributed by atoms with E-state index in [-0.39, 0.29) is 23.1 Å². The van der Waals surface area contributed by atoms with Crippen LogP contribution < -0.4 is 15.7 Å². The molecule has 8 heteroatoms. The van der Waals surface area contributed by atoms with Crippen LogP contribution in [0.5, 0.6) is 0 Å². The van der Waals surface area contributed by atoms with E-state index in [1.807, 2.05) is 24.3 Å². The number of halogens is 1. The molecule has 3 N–H and O–H groups in total. The van der Waals surface area contributed by atoms with Gasteiger partial charge in [-0.05, 0) is 54.8 Å². The van der Waals surface area contributed by atoms with Crippen molar-refractivity contribution in [3.05, 3.63) is 66.0 Å². The molecule has 2 amide bonds. The molecule has 6 nitrogen and oxygen atoms in total. The molecule has 1 saturated heterocycles. The van der Waals surface area contributed by atoms with Gasteiger partial charge in [-0.3, -0.25) is 14.8 Å². The monoisotopic (exact) mass is 429 g/mol. The van der Waals surface area contributed by atoms with Gasteiger partial charge in [-0.1, -0.05) is 18.2 Å². The molecule has 1 aliphatic heterocycles. The van der Waals surface area contributed by atoms with Crippen molar-refractivity contribution in [2.45, 2.75) is 36.1 Å². The molecule has 1 heterocycles. The van der Waals surface area contributed by atoms with Crippen LogP contribution in [0.4, 0.5) is 10.1 Å². The molecule has 3 rings (SSSR count). The van der Waals surface area contributed by atoms with Crippen molar-refractivity contribution < 1.29 is 19.2 Å². The molecule has 158 valence electrons. The van der Waals surface area contributed by atoms with E-state index in [1.54, 1.807) is 35.5 Å². The third-order valence-electron chi connectivity index (χ3n) is 4.82. The number of hydroxylamine groups is 1. The van der Waals surface area contributed by atoms with E-state index < -0.39 is 5.91 Å². The minimum absolute atomic E-state index is 0.00211. The predicted octanol–water partition coefficient (Wildman–Crippen LogP) is 3.57. The van der Waals surface area contributed by atoms with Crippen molar-refractivity contribution >= 4 is 35.3 Å². The minimum atomic E-state index is -0.605. The van der Waals surface area contributed by atoms with Gasteiger partial charge in [0.05, 0.1) is 5.37 Å². The smallest absolute Gasteiger partial charge is 0.267 e. The number of piperidine rings is 1. The van der Waals surface area contributed by atoms with Crippen LogP contribution in [0.1, 0.15) is 25.3 Å². The number of rotatable bonds is 6. The number of para-hydroxylation sites is 1. The third-order valence-corrected chi connectivity index (χ3v) is 6.08. The quantitative estimate of drug-likeness (QED) is 0.372. The Kier molecular flexibility index (Phi) is 7.48. The summed E-state index contributed by atoms with van der Waals surface area (Å²) in [5.41, 5.74) is 3.37. The van der Waals surface area contributed by atoms with Gasteiger partial charge in [0.25, 0.3) is 5.91 Å². The first-order chi connectivity index (χ1) is 14.5. The number of hydrogen-bond donors (Lipinski definition) is 3. The molecule has 2 aromatic rings. The first-order valence-corrected chi connectivity index (χ1v) is 10.5. The zero-order valence-corrected chi connectivity index (χ0v) is 17.4. The number of nitrogens with zero attached hydrogens (tertiary/aromatic N) is 1. The lowest BCUT2D eigenvalue weighted by atomic mass is 10.0. The standard InChI is InChI=1S/C22H24FN3O3S/c1-15(27)24-18-12-13-26(22(14-18)30-19-9-7-17(23)8-10-19)20-5-3-2-4-16(20)6-11-21(28)25-29/h2-11,18,22,29H,12-14H2,1H3,(H,24,27)(H,25,28)/b11-6+. The Labute approximate surface area is 179 Å². The van der Waals surface area contributed by atoms with Gasteiger partial charge >= 0.3 is 0 Å². The van der Waals surface area contributed by atoms with E-state index in [0.29, 0.717) is 6.54 Å². The Morgan fingerprint density at radius 1 is 1.20 bits per heavy atom. The lowest BCUT2D eigenvalue weighted by molar-refractivity contribution is -0.124. The number of carbonyl (C=O) groups is 2. The number of nitrogens with one attached hydrogen (secondary N) is 2. The topological polar surface area (TPSA) is 81.7 Å². The molecule has 0 spiro atoms. The van der Waals surface area contributed by atoms with Crippen LogP contribution in [0.15, 0.2) is 59.5 Å². The van der Waals surface area contributed by atoms with Crippen LogP contribution >= 0.6 is 11.8 Å². The van der Waals surface area contributed by atoms with Crippen LogP contribution in [0.2, 0.25) is 0 Å².